The minimum absolute atomic E-state index is 0.172. The van der Waals surface area contributed by atoms with Crippen molar-refractivity contribution in [2.45, 2.75) is 20.4 Å². The van der Waals surface area contributed by atoms with Crippen molar-refractivity contribution in [3.63, 3.8) is 0 Å². The minimum atomic E-state index is -0.432. The number of nitrogens with zero attached hydrogens (tertiary/aromatic N) is 2. The number of hydrogen-bond donors (Lipinski definition) is 2. The second kappa shape index (κ2) is 9.02. The van der Waals surface area contributed by atoms with Crippen LogP contribution in [0, 0.1) is 19.7 Å². The number of benzene rings is 3. The highest BCUT2D eigenvalue weighted by Crippen LogP contribution is 2.35. The van der Waals surface area contributed by atoms with Crippen molar-refractivity contribution in [2.75, 3.05) is 15.5 Å². The Kier molecular flexibility index (Phi) is 5.74. The van der Waals surface area contributed by atoms with Crippen molar-refractivity contribution >= 4 is 34.7 Å². The highest BCUT2D eigenvalue weighted by molar-refractivity contribution is 6.10. The van der Waals surface area contributed by atoms with E-state index >= 15 is 0 Å². The molecule has 174 valence electrons. The molecule has 0 saturated heterocycles. The predicted octanol–water partition coefficient (Wildman–Crippen LogP) is 5.99. The van der Waals surface area contributed by atoms with Crippen LogP contribution in [0.3, 0.4) is 0 Å². The van der Waals surface area contributed by atoms with Crippen LogP contribution in [0.5, 0.6) is 0 Å². The summed E-state index contributed by atoms with van der Waals surface area (Å²) < 4.78 is 13.9. The van der Waals surface area contributed by atoms with Gasteiger partial charge in [0.15, 0.2) is 5.82 Å². The van der Waals surface area contributed by atoms with Gasteiger partial charge in [0, 0.05) is 28.7 Å². The van der Waals surface area contributed by atoms with E-state index in [-0.39, 0.29) is 17.0 Å². The standard InChI is InChI=1S/C28H23FN4O2/c1-17-15-20(31-27(34)22-8-5-9-23(29)18(22)2)12-13-21(17)28(35)33-16-19-7-3-4-10-24(19)32-26-25(33)11-6-14-30-26/h3-15H,16H2,1-2H3,(H,30,32)(H,31,34). The van der Waals surface area contributed by atoms with Crippen molar-refractivity contribution < 1.29 is 14.0 Å². The molecular weight excluding hydrogens is 443 g/mol. The van der Waals surface area contributed by atoms with Gasteiger partial charge in [-0.25, -0.2) is 9.37 Å². The molecule has 0 saturated carbocycles. The molecule has 35 heavy (non-hydrogen) atoms. The highest BCUT2D eigenvalue weighted by Gasteiger charge is 2.26. The number of para-hydroxylation sites is 1. The Balaban J connectivity index is 1.44. The fraction of sp³-hybridized carbons (Fsp3) is 0.107. The summed E-state index contributed by atoms with van der Waals surface area (Å²) in [5, 5.41) is 6.13. The summed E-state index contributed by atoms with van der Waals surface area (Å²) in [6.45, 7) is 3.78. The molecule has 0 radical (unpaired) electrons. The lowest BCUT2D eigenvalue weighted by atomic mass is 10.0. The molecule has 0 aliphatic carbocycles. The lowest BCUT2D eigenvalue weighted by Gasteiger charge is -2.23. The number of aromatic nitrogens is 1. The molecule has 1 aliphatic rings. The van der Waals surface area contributed by atoms with Gasteiger partial charge in [0.1, 0.15) is 5.82 Å². The third kappa shape index (κ3) is 4.24. The third-order valence-electron chi connectivity index (χ3n) is 6.15. The van der Waals surface area contributed by atoms with Crippen LogP contribution in [0.4, 0.5) is 27.3 Å². The quantitative estimate of drug-likeness (QED) is 0.389. The molecule has 1 aliphatic heterocycles. The molecule has 0 fully saturated rings. The second-order valence-corrected chi connectivity index (χ2v) is 8.44. The summed E-state index contributed by atoms with van der Waals surface area (Å²) in [4.78, 5) is 32.6. The van der Waals surface area contributed by atoms with Gasteiger partial charge < -0.3 is 15.5 Å². The molecule has 2 amide bonds. The molecule has 4 aromatic rings. The Hall–Kier alpha value is -4.52. The van der Waals surface area contributed by atoms with Crippen LogP contribution in [0.2, 0.25) is 0 Å². The van der Waals surface area contributed by atoms with E-state index in [0.717, 1.165) is 11.3 Å². The Bertz CT molecular complexity index is 1470. The summed E-state index contributed by atoms with van der Waals surface area (Å²) in [5.41, 5.74) is 4.87. The Morgan fingerprint density at radius 1 is 0.971 bits per heavy atom. The second-order valence-electron chi connectivity index (χ2n) is 8.44. The Morgan fingerprint density at radius 2 is 1.80 bits per heavy atom. The number of anilines is 4. The molecular formula is C28H23FN4O2. The zero-order valence-corrected chi connectivity index (χ0v) is 19.3. The molecule has 1 aromatic heterocycles. The molecule has 0 bridgehead atoms. The maximum absolute atomic E-state index is 13.9. The van der Waals surface area contributed by atoms with Crippen LogP contribution in [-0.4, -0.2) is 16.8 Å². The fourth-order valence-corrected chi connectivity index (χ4v) is 4.23. The fourth-order valence-electron chi connectivity index (χ4n) is 4.23. The first kappa shape index (κ1) is 22.3. The van der Waals surface area contributed by atoms with Crippen molar-refractivity contribution in [1.82, 2.24) is 4.98 Å². The number of hydrogen-bond acceptors (Lipinski definition) is 4. The Labute approximate surface area is 202 Å². The average molecular weight is 467 g/mol. The van der Waals surface area contributed by atoms with Crippen LogP contribution in [0.15, 0.2) is 79.0 Å². The molecule has 3 aromatic carbocycles. The zero-order valence-electron chi connectivity index (χ0n) is 19.3. The number of aryl methyl sites for hydroxylation is 1. The number of nitrogens with one attached hydrogen (secondary N) is 2. The van der Waals surface area contributed by atoms with Crippen molar-refractivity contribution in [3.8, 4) is 0 Å². The first-order chi connectivity index (χ1) is 16.9. The highest BCUT2D eigenvalue weighted by atomic mass is 19.1. The number of amides is 2. The number of carbonyl (C=O) groups excluding carboxylic acids is 2. The van der Waals surface area contributed by atoms with Crippen LogP contribution in [-0.2, 0) is 6.54 Å². The van der Waals surface area contributed by atoms with Gasteiger partial charge in [0.05, 0.1) is 12.2 Å². The summed E-state index contributed by atoms with van der Waals surface area (Å²) in [5.74, 6) is -0.402. The van der Waals surface area contributed by atoms with E-state index in [0.29, 0.717) is 34.9 Å². The SMILES string of the molecule is Cc1cc(NC(=O)c2cccc(F)c2C)ccc1C(=O)N1Cc2ccccc2Nc2ncccc21. The predicted molar refractivity (Wildman–Crippen MR) is 135 cm³/mol. The van der Waals surface area contributed by atoms with Gasteiger partial charge in [-0.1, -0.05) is 24.3 Å². The molecule has 0 unspecified atom stereocenters. The minimum Gasteiger partial charge on any atom is -0.338 e. The summed E-state index contributed by atoms with van der Waals surface area (Å²) in [7, 11) is 0. The van der Waals surface area contributed by atoms with Gasteiger partial charge in [0.2, 0.25) is 0 Å². The summed E-state index contributed by atoms with van der Waals surface area (Å²) >= 11 is 0. The van der Waals surface area contributed by atoms with E-state index in [2.05, 4.69) is 15.6 Å². The van der Waals surface area contributed by atoms with Crippen LogP contribution in [0.25, 0.3) is 0 Å². The zero-order chi connectivity index (χ0) is 24.5. The Morgan fingerprint density at radius 3 is 2.63 bits per heavy atom. The maximum atomic E-state index is 13.9. The maximum Gasteiger partial charge on any atom is 0.258 e. The molecule has 6 nitrogen and oxygen atoms in total. The van der Waals surface area contributed by atoms with Gasteiger partial charge in [-0.3, -0.25) is 9.59 Å². The number of pyridine rings is 1. The van der Waals surface area contributed by atoms with Crippen molar-refractivity contribution in [2.24, 2.45) is 0 Å². The number of fused-ring (bicyclic) bond motifs is 2. The van der Waals surface area contributed by atoms with E-state index in [9.17, 15) is 14.0 Å². The van der Waals surface area contributed by atoms with E-state index < -0.39 is 11.7 Å². The molecule has 2 N–H and O–H groups in total. The van der Waals surface area contributed by atoms with Crippen LogP contribution >= 0.6 is 0 Å². The lowest BCUT2D eigenvalue weighted by molar-refractivity contribution is 0.0983. The van der Waals surface area contributed by atoms with Gasteiger partial charge in [-0.05, 0) is 79.1 Å². The summed E-state index contributed by atoms with van der Waals surface area (Å²) in [6, 6.07) is 21.0. The van der Waals surface area contributed by atoms with Gasteiger partial charge in [-0.2, -0.15) is 0 Å². The topological polar surface area (TPSA) is 74.3 Å². The van der Waals surface area contributed by atoms with E-state index in [1.54, 1.807) is 48.4 Å². The van der Waals surface area contributed by atoms with Gasteiger partial charge in [-0.15, -0.1) is 0 Å². The molecule has 5 rings (SSSR count). The molecule has 7 heteroatoms. The lowest BCUT2D eigenvalue weighted by Crippen LogP contribution is -2.30. The molecule has 0 atom stereocenters. The first-order valence-corrected chi connectivity index (χ1v) is 11.2. The smallest absolute Gasteiger partial charge is 0.258 e. The van der Waals surface area contributed by atoms with E-state index in [1.165, 1.54) is 12.1 Å². The van der Waals surface area contributed by atoms with Gasteiger partial charge >= 0.3 is 0 Å². The normalized spacial score (nSPS) is 12.1. The van der Waals surface area contributed by atoms with Crippen LogP contribution in [0.1, 0.15) is 37.4 Å². The largest absolute Gasteiger partial charge is 0.338 e. The van der Waals surface area contributed by atoms with Crippen molar-refractivity contribution in [3.05, 3.63) is 113 Å². The number of rotatable bonds is 3. The summed E-state index contributed by atoms with van der Waals surface area (Å²) in [6.07, 6.45) is 1.69. The van der Waals surface area contributed by atoms with Crippen LogP contribution < -0.4 is 15.5 Å². The van der Waals surface area contributed by atoms with Gasteiger partial charge in [0.25, 0.3) is 11.8 Å². The average Bonchev–Trinajstić information content (AvgIpc) is 3.02. The molecule has 0 spiro atoms. The first-order valence-electron chi connectivity index (χ1n) is 11.2. The monoisotopic (exact) mass is 466 g/mol. The van der Waals surface area contributed by atoms with E-state index in [1.807, 2.05) is 37.3 Å². The number of carbonyl (C=O) groups is 2. The number of halogens is 1. The van der Waals surface area contributed by atoms with E-state index in [4.69, 9.17) is 0 Å². The molecule has 2 heterocycles. The third-order valence-corrected chi connectivity index (χ3v) is 6.15. The van der Waals surface area contributed by atoms with Crippen molar-refractivity contribution in [1.29, 1.82) is 0 Å².